The minimum absolute atomic E-state index is 0.101. The molecule has 2 aromatic rings. The molecule has 76 valence electrons. The van der Waals surface area contributed by atoms with Crippen LogP contribution in [0.15, 0.2) is 36.7 Å². The number of rotatable bonds is 2. The number of hydrogen-bond acceptors (Lipinski definition) is 4. The van der Waals surface area contributed by atoms with Gasteiger partial charge >= 0.3 is 12.0 Å². The molecular formula is C10H8N2O3. The minimum Gasteiger partial charge on any atom is -0.508 e. The number of carbonyl (C=O) groups excluding carboxylic acids is 1. The van der Waals surface area contributed by atoms with Crippen LogP contribution in [0.3, 0.4) is 0 Å². The Kier molecular flexibility index (Phi) is 2.37. The summed E-state index contributed by atoms with van der Waals surface area (Å²) in [5.74, 6) is -0.422. The topological polar surface area (TPSA) is 75.2 Å². The number of imidazole rings is 1. The smallest absolute Gasteiger partial charge is 0.345 e. The van der Waals surface area contributed by atoms with Gasteiger partial charge in [0.05, 0.1) is 5.56 Å². The highest BCUT2D eigenvalue weighted by molar-refractivity contribution is 5.90. The number of hydrogen-bond donors (Lipinski definition) is 2. The van der Waals surface area contributed by atoms with Crippen LogP contribution in [0.2, 0.25) is 0 Å². The molecule has 1 aromatic heterocycles. The van der Waals surface area contributed by atoms with Crippen molar-refractivity contribution >= 4 is 5.97 Å². The fraction of sp³-hybridized carbons (Fsp3) is 0. The molecule has 5 heteroatoms. The van der Waals surface area contributed by atoms with Gasteiger partial charge in [0.2, 0.25) is 0 Å². The van der Waals surface area contributed by atoms with Gasteiger partial charge < -0.3 is 14.8 Å². The van der Waals surface area contributed by atoms with Gasteiger partial charge in [0.1, 0.15) is 5.75 Å². The van der Waals surface area contributed by atoms with Crippen LogP contribution in [0.1, 0.15) is 10.4 Å². The second-order valence-corrected chi connectivity index (χ2v) is 2.83. The van der Waals surface area contributed by atoms with Crippen molar-refractivity contribution in [2.75, 3.05) is 0 Å². The van der Waals surface area contributed by atoms with Gasteiger partial charge in [0.25, 0.3) is 0 Å². The summed E-state index contributed by atoms with van der Waals surface area (Å²) in [6.45, 7) is 0. The third kappa shape index (κ3) is 2.14. The van der Waals surface area contributed by atoms with Gasteiger partial charge in [0, 0.05) is 12.4 Å². The van der Waals surface area contributed by atoms with Gasteiger partial charge in [-0.25, -0.2) is 9.78 Å². The maximum absolute atomic E-state index is 11.5. The van der Waals surface area contributed by atoms with Gasteiger partial charge in [-0.1, -0.05) is 0 Å². The van der Waals surface area contributed by atoms with E-state index in [0.717, 1.165) is 0 Å². The molecular weight excluding hydrogens is 196 g/mol. The van der Waals surface area contributed by atoms with Crippen molar-refractivity contribution in [1.82, 2.24) is 9.97 Å². The summed E-state index contributed by atoms with van der Waals surface area (Å²) in [4.78, 5) is 17.9. The number of aromatic nitrogens is 2. The molecule has 0 radical (unpaired) electrons. The van der Waals surface area contributed by atoms with E-state index in [4.69, 9.17) is 9.84 Å². The van der Waals surface area contributed by atoms with Crippen molar-refractivity contribution < 1.29 is 14.6 Å². The molecule has 2 rings (SSSR count). The lowest BCUT2D eigenvalue weighted by molar-refractivity contribution is 0.0721. The molecule has 0 aliphatic rings. The Labute approximate surface area is 85.4 Å². The van der Waals surface area contributed by atoms with E-state index < -0.39 is 5.97 Å². The van der Waals surface area contributed by atoms with E-state index >= 15 is 0 Å². The summed E-state index contributed by atoms with van der Waals surface area (Å²) in [6, 6.07) is 5.92. The fourth-order valence-electron chi connectivity index (χ4n) is 1.05. The first-order chi connectivity index (χ1) is 7.25. The number of ether oxygens (including phenoxy) is 1. The molecule has 0 amide bonds. The van der Waals surface area contributed by atoms with Crippen molar-refractivity contribution in [3.63, 3.8) is 0 Å². The Hall–Kier alpha value is -2.30. The molecule has 1 aromatic carbocycles. The van der Waals surface area contributed by atoms with Crippen molar-refractivity contribution in [3.8, 4) is 11.8 Å². The van der Waals surface area contributed by atoms with Crippen LogP contribution in [0, 0.1) is 0 Å². The number of nitrogens with one attached hydrogen (secondary N) is 1. The monoisotopic (exact) mass is 204 g/mol. The molecule has 0 saturated heterocycles. The highest BCUT2D eigenvalue weighted by Crippen LogP contribution is 2.11. The second kappa shape index (κ2) is 3.83. The first kappa shape index (κ1) is 9.26. The lowest BCUT2D eigenvalue weighted by Gasteiger charge is -2.00. The number of aromatic amines is 1. The molecule has 0 bridgehead atoms. The number of carbonyl (C=O) groups is 1. The maximum atomic E-state index is 11.5. The van der Waals surface area contributed by atoms with Crippen molar-refractivity contribution in [1.29, 1.82) is 0 Å². The zero-order valence-corrected chi connectivity index (χ0v) is 7.68. The normalized spacial score (nSPS) is 9.87. The molecule has 1 heterocycles. The molecule has 5 nitrogen and oxygen atoms in total. The summed E-state index contributed by atoms with van der Waals surface area (Å²) in [5, 5.41) is 9.02. The number of benzene rings is 1. The Balaban J connectivity index is 2.11. The van der Waals surface area contributed by atoms with E-state index in [2.05, 4.69) is 9.97 Å². The number of nitrogens with zero attached hydrogens (tertiary/aromatic N) is 1. The summed E-state index contributed by atoms with van der Waals surface area (Å²) in [5.41, 5.74) is 0.351. The van der Waals surface area contributed by atoms with Crippen LogP contribution < -0.4 is 4.74 Å². The quantitative estimate of drug-likeness (QED) is 0.723. The Morgan fingerprint density at radius 1 is 1.33 bits per heavy atom. The summed E-state index contributed by atoms with van der Waals surface area (Å²) in [6.07, 6.45) is 3.04. The van der Waals surface area contributed by atoms with E-state index in [0.29, 0.717) is 5.56 Å². The van der Waals surface area contributed by atoms with Crippen LogP contribution in [0.4, 0.5) is 0 Å². The third-order valence-electron chi connectivity index (χ3n) is 1.77. The summed E-state index contributed by atoms with van der Waals surface area (Å²) in [7, 11) is 0. The van der Waals surface area contributed by atoms with Crippen LogP contribution in [0.25, 0.3) is 0 Å². The molecule has 15 heavy (non-hydrogen) atoms. The lowest BCUT2D eigenvalue weighted by atomic mass is 10.2. The first-order valence-corrected chi connectivity index (χ1v) is 4.26. The number of phenolic OH excluding ortho intramolecular Hbond substituents is 1. The highest BCUT2D eigenvalue weighted by atomic mass is 16.5. The zero-order chi connectivity index (χ0) is 10.7. The Bertz CT molecular complexity index is 448. The largest absolute Gasteiger partial charge is 0.508 e. The highest BCUT2D eigenvalue weighted by Gasteiger charge is 2.09. The predicted molar refractivity (Wildman–Crippen MR) is 51.7 cm³/mol. The van der Waals surface area contributed by atoms with Crippen LogP contribution in [-0.2, 0) is 0 Å². The van der Waals surface area contributed by atoms with Gasteiger partial charge in [-0.05, 0) is 24.3 Å². The Morgan fingerprint density at radius 3 is 2.67 bits per heavy atom. The van der Waals surface area contributed by atoms with Gasteiger partial charge in [-0.15, -0.1) is 0 Å². The summed E-state index contributed by atoms with van der Waals surface area (Å²) < 4.78 is 4.89. The zero-order valence-electron chi connectivity index (χ0n) is 7.68. The van der Waals surface area contributed by atoms with E-state index in [1.165, 1.54) is 30.5 Å². The van der Waals surface area contributed by atoms with E-state index in [1.807, 2.05) is 0 Å². The van der Waals surface area contributed by atoms with Crippen LogP contribution in [0.5, 0.6) is 11.8 Å². The lowest BCUT2D eigenvalue weighted by Crippen LogP contribution is -2.08. The van der Waals surface area contributed by atoms with E-state index in [1.54, 1.807) is 6.20 Å². The molecule has 0 aliphatic carbocycles. The second-order valence-electron chi connectivity index (χ2n) is 2.83. The van der Waals surface area contributed by atoms with Gasteiger partial charge in [-0.2, -0.15) is 0 Å². The standard InChI is InChI=1S/C10H8N2O3/c13-8-3-1-7(2-4-8)9(14)15-10-11-5-6-12-10/h1-6,13H,(H,11,12). The number of phenols is 1. The van der Waals surface area contributed by atoms with Crippen molar-refractivity contribution in [2.45, 2.75) is 0 Å². The molecule has 0 atom stereocenters. The fourth-order valence-corrected chi connectivity index (χ4v) is 1.05. The average Bonchev–Trinajstić information content (AvgIpc) is 2.71. The van der Waals surface area contributed by atoms with Crippen LogP contribution >= 0.6 is 0 Å². The SMILES string of the molecule is O=C(Oc1ncc[nH]1)c1ccc(O)cc1. The van der Waals surface area contributed by atoms with Crippen LogP contribution in [-0.4, -0.2) is 21.0 Å². The van der Waals surface area contributed by atoms with Gasteiger partial charge in [0.15, 0.2) is 0 Å². The molecule has 2 N–H and O–H groups in total. The number of H-pyrrole nitrogens is 1. The first-order valence-electron chi connectivity index (χ1n) is 4.26. The molecule has 0 unspecified atom stereocenters. The van der Waals surface area contributed by atoms with Gasteiger partial charge in [-0.3, -0.25) is 0 Å². The molecule has 0 saturated carbocycles. The van der Waals surface area contributed by atoms with E-state index in [-0.39, 0.29) is 11.8 Å². The maximum Gasteiger partial charge on any atom is 0.345 e. The molecule has 0 aliphatic heterocycles. The summed E-state index contributed by atoms with van der Waals surface area (Å²) >= 11 is 0. The third-order valence-corrected chi connectivity index (χ3v) is 1.77. The van der Waals surface area contributed by atoms with E-state index in [9.17, 15) is 4.79 Å². The predicted octanol–water partition coefficient (Wildman–Crippen LogP) is 1.33. The minimum atomic E-state index is -0.523. The van der Waals surface area contributed by atoms with Crippen molar-refractivity contribution in [2.24, 2.45) is 0 Å². The molecule has 0 spiro atoms. The van der Waals surface area contributed by atoms with Crippen molar-refractivity contribution in [3.05, 3.63) is 42.2 Å². The number of esters is 1. The number of aromatic hydroxyl groups is 1. The molecule has 0 fully saturated rings. The average molecular weight is 204 g/mol. The Morgan fingerprint density at radius 2 is 2.07 bits per heavy atom.